The summed E-state index contributed by atoms with van der Waals surface area (Å²) in [4.78, 5) is 12.0. The number of rotatable bonds is 3. The largest absolute Gasteiger partial charge is 0.465 e. The molecule has 0 amide bonds. The summed E-state index contributed by atoms with van der Waals surface area (Å²) in [5.74, 6) is 1.99. The van der Waals surface area contributed by atoms with Gasteiger partial charge in [-0.15, -0.1) is 0 Å². The van der Waals surface area contributed by atoms with Crippen molar-refractivity contribution < 1.29 is 18.4 Å². The number of carbonyl (C=O) groups excluding carboxylic acids is 1. The minimum atomic E-state index is -1.64. The molecule has 1 saturated carbocycles. The third kappa shape index (κ3) is 3.28. The van der Waals surface area contributed by atoms with Crippen LogP contribution in [0.1, 0.15) is 50.4 Å². The van der Waals surface area contributed by atoms with Crippen LogP contribution in [0.2, 0.25) is 0 Å². The topological polar surface area (TPSA) is 44.8 Å². The first-order chi connectivity index (χ1) is 10.5. The van der Waals surface area contributed by atoms with Gasteiger partial charge in [0.15, 0.2) is 0 Å². The first kappa shape index (κ1) is 15.8. The number of carbonyl (C=O) groups is 1. The van der Waals surface area contributed by atoms with Crippen molar-refractivity contribution in [2.75, 3.05) is 0 Å². The van der Waals surface area contributed by atoms with Crippen LogP contribution < -0.4 is 4.52 Å². The van der Waals surface area contributed by atoms with Crippen LogP contribution in [0.3, 0.4) is 0 Å². The molecule has 3 rings (SSSR count). The van der Waals surface area contributed by atoms with Gasteiger partial charge in [-0.05, 0) is 49.1 Å². The molecule has 1 aliphatic heterocycles. The van der Waals surface area contributed by atoms with Crippen LogP contribution >= 0.6 is 8.60 Å². The summed E-state index contributed by atoms with van der Waals surface area (Å²) in [6.07, 6.45) is 3.43. The SMILES string of the molecule is CC1CCC(OP2OC(=O)c3ccccc3O2)C(C(C)C)C1. The Kier molecular flexibility index (Phi) is 4.70. The predicted molar refractivity (Wildman–Crippen MR) is 85.6 cm³/mol. The van der Waals surface area contributed by atoms with Gasteiger partial charge in [0, 0.05) is 0 Å². The van der Waals surface area contributed by atoms with Crippen LogP contribution in [-0.2, 0) is 9.05 Å². The zero-order valence-corrected chi connectivity index (χ0v) is 14.2. The maximum absolute atomic E-state index is 12.0. The molecule has 5 heteroatoms. The molecule has 22 heavy (non-hydrogen) atoms. The molecule has 1 aromatic carbocycles. The van der Waals surface area contributed by atoms with Gasteiger partial charge in [0.1, 0.15) is 11.3 Å². The lowest BCUT2D eigenvalue weighted by atomic mass is 9.75. The van der Waals surface area contributed by atoms with Gasteiger partial charge in [0.25, 0.3) is 0 Å². The highest BCUT2D eigenvalue weighted by molar-refractivity contribution is 7.43. The molecule has 4 nitrogen and oxygen atoms in total. The number of fused-ring (bicyclic) bond motifs is 1. The zero-order chi connectivity index (χ0) is 15.7. The van der Waals surface area contributed by atoms with Crippen molar-refractivity contribution in [3.63, 3.8) is 0 Å². The van der Waals surface area contributed by atoms with Crippen molar-refractivity contribution in [1.29, 1.82) is 0 Å². The van der Waals surface area contributed by atoms with E-state index in [9.17, 15) is 4.79 Å². The predicted octanol–water partition coefficient (Wildman–Crippen LogP) is 4.94. The first-order valence-corrected chi connectivity index (χ1v) is 9.10. The number of para-hydroxylation sites is 1. The van der Waals surface area contributed by atoms with E-state index in [0.29, 0.717) is 23.1 Å². The normalized spacial score (nSPS) is 31.4. The second-order valence-electron chi connectivity index (χ2n) is 6.66. The Hall–Kier alpha value is -1.12. The maximum atomic E-state index is 12.0. The number of benzene rings is 1. The summed E-state index contributed by atoms with van der Waals surface area (Å²) in [5, 5.41) is 0. The summed E-state index contributed by atoms with van der Waals surface area (Å²) in [6.45, 7) is 6.76. The van der Waals surface area contributed by atoms with Crippen molar-refractivity contribution in [2.45, 2.75) is 46.1 Å². The molecule has 4 atom stereocenters. The Labute approximate surface area is 133 Å². The minimum Gasteiger partial charge on any atom is -0.417 e. The molecule has 1 fully saturated rings. The van der Waals surface area contributed by atoms with Crippen LogP contribution in [0.5, 0.6) is 5.75 Å². The Balaban J connectivity index is 1.70. The highest BCUT2D eigenvalue weighted by Gasteiger charge is 2.38. The van der Waals surface area contributed by atoms with Crippen molar-refractivity contribution in [2.24, 2.45) is 17.8 Å². The van der Waals surface area contributed by atoms with Crippen molar-refractivity contribution in [1.82, 2.24) is 0 Å². The van der Waals surface area contributed by atoms with E-state index in [4.69, 9.17) is 13.6 Å². The van der Waals surface area contributed by atoms with Crippen LogP contribution in [-0.4, -0.2) is 12.1 Å². The minimum absolute atomic E-state index is 0.111. The molecule has 120 valence electrons. The smallest absolute Gasteiger partial charge is 0.417 e. The first-order valence-electron chi connectivity index (χ1n) is 8.00. The van der Waals surface area contributed by atoms with E-state index in [-0.39, 0.29) is 12.1 Å². The lowest BCUT2D eigenvalue weighted by Gasteiger charge is -2.38. The van der Waals surface area contributed by atoms with Crippen molar-refractivity contribution in [3.8, 4) is 5.75 Å². The van der Waals surface area contributed by atoms with Gasteiger partial charge in [0.2, 0.25) is 0 Å². The molecule has 0 saturated heterocycles. The molecule has 1 aromatic rings. The molecule has 0 N–H and O–H groups in total. The van der Waals surface area contributed by atoms with Crippen molar-refractivity contribution in [3.05, 3.63) is 29.8 Å². The monoisotopic (exact) mass is 322 g/mol. The molecule has 1 aliphatic carbocycles. The molecule has 0 radical (unpaired) electrons. The molecule has 4 unspecified atom stereocenters. The Morgan fingerprint density at radius 1 is 1.23 bits per heavy atom. The van der Waals surface area contributed by atoms with E-state index < -0.39 is 8.60 Å². The number of hydrogen-bond acceptors (Lipinski definition) is 4. The molecule has 0 aromatic heterocycles. The van der Waals surface area contributed by atoms with Gasteiger partial charge in [0.05, 0.1) is 6.10 Å². The van der Waals surface area contributed by atoms with Gasteiger partial charge >= 0.3 is 14.6 Å². The highest BCUT2D eigenvalue weighted by Crippen LogP contribution is 2.50. The fourth-order valence-corrected chi connectivity index (χ4v) is 4.47. The van der Waals surface area contributed by atoms with Crippen molar-refractivity contribution >= 4 is 14.6 Å². The fourth-order valence-electron chi connectivity index (χ4n) is 3.31. The summed E-state index contributed by atoms with van der Waals surface area (Å²) in [6, 6.07) is 7.15. The van der Waals surface area contributed by atoms with Crippen LogP contribution in [0.4, 0.5) is 0 Å². The van der Waals surface area contributed by atoms with Gasteiger partial charge in [-0.3, -0.25) is 4.52 Å². The Morgan fingerprint density at radius 3 is 2.77 bits per heavy atom. The molecule has 2 aliphatic rings. The molecular weight excluding hydrogens is 299 g/mol. The maximum Gasteiger partial charge on any atom is 0.465 e. The summed E-state index contributed by atoms with van der Waals surface area (Å²) >= 11 is 0. The molecule has 0 bridgehead atoms. The van der Waals surface area contributed by atoms with Gasteiger partial charge < -0.3 is 9.05 Å². The van der Waals surface area contributed by atoms with E-state index in [1.807, 2.05) is 6.07 Å². The summed E-state index contributed by atoms with van der Waals surface area (Å²) < 4.78 is 17.2. The number of hydrogen-bond donors (Lipinski definition) is 0. The molecular formula is C17H23O4P. The van der Waals surface area contributed by atoms with E-state index in [1.165, 1.54) is 0 Å². The average molecular weight is 322 g/mol. The Bertz CT molecular complexity index is 545. The van der Waals surface area contributed by atoms with Crippen LogP contribution in [0, 0.1) is 17.8 Å². The van der Waals surface area contributed by atoms with E-state index >= 15 is 0 Å². The van der Waals surface area contributed by atoms with Crippen LogP contribution in [0.15, 0.2) is 24.3 Å². The Morgan fingerprint density at radius 2 is 2.00 bits per heavy atom. The third-order valence-electron chi connectivity index (χ3n) is 4.61. The fraction of sp³-hybridized carbons (Fsp3) is 0.588. The van der Waals surface area contributed by atoms with Crippen LogP contribution in [0.25, 0.3) is 0 Å². The lowest BCUT2D eigenvalue weighted by Crippen LogP contribution is -2.34. The van der Waals surface area contributed by atoms with Gasteiger partial charge in [-0.1, -0.05) is 32.9 Å². The summed E-state index contributed by atoms with van der Waals surface area (Å²) in [5.41, 5.74) is 0.475. The second kappa shape index (κ2) is 6.55. The third-order valence-corrected chi connectivity index (χ3v) is 5.71. The highest BCUT2D eigenvalue weighted by atomic mass is 31.2. The molecule has 1 heterocycles. The average Bonchev–Trinajstić information content (AvgIpc) is 2.49. The second-order valence-corrected chi connectivity index (χ2v) is 7.68. The van der Waals surface area contributed by atoms with Gasteiger partial charge in [-0.2, -0.15) is 0 Å². The zero-order valence-electron chi connectivity index (χ0n) is 13.3. The summed E-state index contributed by atoms with van der Waals surface area (Å²) in [7, 11) is -1.64. The lowest BCUT2D eigenvalue weighted by molar-refractivity contribution is 0.0291. The van der Waals surface area contributed by atoms with E-state index in [2.05, 4.69) is 20.8 Å². The standard InChI is InChI=1S/C17H23O4P/c1-11(2)14-10-12(3)8-9-16(14)20-22-19-15-7-5-4-6-13(15)17(18)21-22/h4-7,11-12,14,16H,8-10H2,1-3H3. The van der Waals surface area contributed by atoms with E-state index in [1.54, 1.807) is 18.2 Å². The van der Waals surface area contributed by atoms with Gasteiger partial charge in [-0.25, -0.2) is 4.79 Å². The van der Waals surface area contributed by atoms with E-state index in [0.717, 1.165) is 25.2 Å². The molecule has 0 spiro atoms. The quantitative estimate of drug-likeness (QED) is 0.739.